The fourth-order valence-electron chi connectivity index (χ4n) is 4.26. The lowest BCUT2D eigenvalue weighted by Crippen LogP contribution is -2.40. The second-order valence-electron chi connectivity index (χ2n) is 8.83. The first-order valence-electron chi connectivity index (χ1n) is 11.5. The Morgan fingerprint density at radius 1 is 1.14 bits per heavy atom. The van der Waals surface area contributed by atoms with E-state index in [4.69, 9.17) is 11.6 Å². The molecule has 1 atom stereocenters. The molecule has 0 bridgehead atoms. The van der Waals surface area contributed by atoms with Crippen molar-refractivity contribution in [2.45, 2.75) is 44.7 Å². The summed E-state index contributed by atoms with van der Waals surface area (Å²) in [4.78, 5) is 28.7. The highest BCUT2D eigenvalue weighted by Crippen LogP contribution is 2.36. The second-order valence-corrected chi connectivity index (χ2v) is 11.5. The molecule has 4 rings (SSSR count). The van der Waals surface area contributed by atoms with E-state index in [2.05, 4.69) is 39.0 Å². The van der Waals surface area contributed by atoms with Crippen LogP contribution >= 0.6 is 11.6 Å². The molecule has 35 heavy (non-hydrogen) atoms. The topological polar surface area (TPSA) is 105 Å². The molecular weight excluding hydrogens is 486 g/mol. The number of sulfone groups is 1. The lowest BCUT2D eigenvalue weighted by molar-refractivity contribution is 0.0950. The highest BCUT2D eigenvalue weighted by molar-refractivity contribution is 7.91. The molecule has 3 heterocycles. The Hall–Kier alpha value is -3.04. The minimum absolute atomic E-state index is 0.0186. The van der Waals surface area contributed by atoms with Crippen LogP contribution < -0.4 is 10.2 Å². The van der Waals surface area contributed by atoms with Gasteiger partial charge in [-0.25, -0.2) is 18.4 Å². The molecule has 8 nitrogen and oxygen atoms in total. The lowest BCUT2D eigenvalue weighted by Gasteiger charge is -2.38. The van der Waals surface area contributed by atoms with Crippen molar-refractivity contribution < 1.29 is 13.2 Å². The predicted molar refractivity (Wildman–Crippen MR) is 135 cm³/mol. The normalized spacial score (nSPS) is 15.7. The number of nitrogens with zero attached hydrogens (tertiary/aromatic N) is 4. The third-order valence-electron chi connectivity index (χ3n) is 6.11. The number of carbonyl (C=O) groups excluding carboxylic acids is 1. The molecule has 0 saturated carbocycles. The van der Waals surface area contributed by atoms with Crippen molar-refractivity contribution in [1.82, 2.24) is 20.3 Å². The number of fused-ring (bicyclic) bond motifs is 1. The van der Waals surface area contributed by atoms with Gasteiger partial charge in [0.2, 0.25) is 5.95 Å². The summed E-state index contributed by atoms with van der Waals surface area (Å²) in [6.45, 7) is 6.86. The Bertz CT molecular complexity index is 1310. The highest BCUT2D eigenvalue weighted by atomic mass is 35.5. The molecule has 0 aliphatic carbocycles. The number of benzene rings is 1. The lowest BCUT2D eigenvalue weighted by atomic mass is 9.89. The van der Waals surface area contributed by atoms with Gasteiger partial charge >= 0.3 is 0 Å². The SMILES string of the molecule is CCS(=O)(=O)c1ccc(CNC(=O)c2cnc3c(c2)CCN(c2ncc(Cl)cn2)C3C(C)C)cc1. The van der Waals surface area contributed by atoms with Crippen LogP contribution in [0.2, 0.25) is 5.02 Å². The van der Waals surface area contributed by atoms with Gasteiger partial charge in [0.15, 0.2) is 9.84 Å². The fourth-order valence-corrected chi connectivity index (χ4v) is 5.24. The Labute approximate surface area is 210 Å². The highest BCUT2D eigenvalue weighted by Gasteiger charge is 2.33. The van der Waals surface area contributed by atoms with Crippen LogP contribution in [0.1, 0.15) is 54.0 Å². The second kappa shape index (κ2) is 10.3. The third-order valence-corrected chi connectivity index (χ3v) is 8.06. The minimum Gasteiger partial charge on any atom is -0.348 e. The van der Waals surface area contributed by atoms with Gasteiger partial charge in [-0.3, -0.25) is 9.78 Å². The van der Waals surface area contributed by atoms with E-state index in [1.165, 1.54) is 0 Å². The van der Waals surface area contributed by atoms with Gasteiger partial charge in [-0.1, -0.05) is 44.5 Å². The van der Waals surface area contributed by atoms with Gasteiger partial charge < -0.3 is 10.2 Å². The zero-order chi connectivity index (χ0) is 25.2. The fraction of sp³-hybridized carbons (Fsp3) is 0.360. The Morgan fingerprint density at radius 2 is 1.83 bits per heavy atom. The van der Waals surface area contributed by atoms with Crippen molar-refractivity contribution in [1.29, 1.82) is 0 Å². The van der Waals surface area contributed by atoms with Gasteiger partial charge in [0.25, 0.3) is 5.91 Å². The average Bonchev–Trinajstić information content (AvgIpc) is 2.86. The van der Waals surface area contributed by atoms with Crippen molar-refractivity contribution in [3.63, 3.8) is 0 Å². The van der Waals surface area contributed by atoms with Gasteiger partial charge in [0.05, 0.1) is 45.4 Å². The maximum atomic E-state index is 12.8. The van der Waals surface area contributed by atoms with Gasteiger partial charge in [-0.2, -0.15) is 0 Å². The van der Waals surface area contributed by atoms with Crippen molar-refractivity contribution in [2.75, 3.05) is 17.2 Å². The summed E-state index contributed by atoms with van der Waals surface area (Å²) >= 11 is 5.96. The van der Waals surface area contributed by atoms with Gasteiger partial charge in [-0.15, -0.1) is 0 Å². The van der Waals surface area contributed by atoms with E-state index in [1.807, 2.05) is 6.07 Å². The maximum Gasteiger partial charge on any atom is 0.253 e. The number of carbonyl (C=O) groups is 1. The van der Waals surface area contributed by atoms with E-state index in [9.17, 15) is 13.2 Å². The van der Waals surface area contributed by atoms with Crippen molar-refractivity contribution >= 4 is 33.3 Å². The monoisotopic (exact) mass is 513 g/mol. The summed E-state index contributed by atoms with van der Waals surface area (Å²) in [5, 5.41) is 3.39. The number of halogens is 1. The Morgan fingerprint density at radius 3 is 2.46 bits per heavy atom. The minimum atomic E-state index is -3.25. The summed E-state index contributed by atoms with van der Waals surface area (Å²) in [5.41, 5.74) is 3.27. The zero-order valence-corrected chi connectivity index (χ0v) is 21.5. The molecule has 1 N–H and O–H groups in total. The Balaban J connectivity index is 1.48. The van der Waals surface area contributed by atoms with E-state index >= 15 is 0 Å². The summed E-state index contributed by atoms with van der Waals surface area (Å²) in [6, 6.07) is 8.47. The first-order chi connectivity index (χ1) is 16.7. The van der Waals surface area contributed by atoms with E-state index < -0.39 is 9.84 Å². The third kappa shape index (κ3) is 5.46. The largest absolute Gasteiger partial charge is 0.348 e. The van der Waals surface area contributed by atoms with Crippen LogP contribution in [0.25, 0.3) is 0 Å². The molecule has 3 aromatic rings. The summed E-state index contributed by atoms with van der Waals surface area (Å²) in [5.74, 6) is 0.687. The molecule has 0 fully saturated rings. The molecule has 1 unspecified atom stereocenters. The van der Waals surface area contributed by atoms with Crippen LogP contribution in [0, 0.1) is 5.92 Å². The average molecular weight is 514 g/mol. The summed E-state index contributed by atoms with van der Waals surface area (Å²) < 4.78 is 23.9. The Kier molecular flexibility index (Phi) is 7.37. The van der Waals surface area contributed by atoms with E-state index in [0.29, 0.717) is 36.0 Å². The number of anilines is 1. The van der Waals surface area contributed by atoms with Gasteiger partial charge in [0.1, 0.15) is 0 Å². The quantitative estimate of drug-likeness (QED) is 0.509. The van der Waals surface area contributed by atoms with Crippen molar-refractivity contribution in [3.05, 3.63) is 76.3 Å². The first-order valence-corrected chi connectivity index (χ1v) is 13.6. The molecule has 0 spiro atoms. The molecule has 1 aliphatic heterocycles. The molecule has 0 saturated heterocycles. The molecule has 1 aromatic carbocycles. The van der Waals surface area contributed by atoms with Crippen LogP contribution in [0.4, 0.5) is 5.95 Å². The molecule has 1 amide bonds. The van der Waals surface area contributed by atoms with Crippen LogP contribution in [-0.2, 0) is 22.8 Å². The molecule has 10 heteroatoms. The van der Waals surface area contributed by atoms with E-state index in [1.54, 1.807) is 49.8 Å². The van der Waals surface area contributed by atoms with E-state index in [-0.39, 0.29) is 28.5 Å². The molecular formula is C25H28ClN5O3S. The molecule has 2 aromatic heterocycles. The first kappa shape index (κ1) is 25.1. The number of aromatic nitrogens is 3. The number of hydrogen-bond donors (Lipinski definition) is 1. The number of pyridine rings is 1. The standard InChI is InChI=1S/C25H28ClN5O3S/c1-4-35(33,34)21-7-5-17(6-8-21)12-28-24(32)19-11-18-9-10-31(25-29-14-20(26)15-30-25)23(16(2)3)22(18)27-13-19/h5-8,11,13-16,23H,4,9-10,12H2,1-3H3,(H,28,32). The zero-order valence-electron chi connectivity index (χ0n) is 19.9. The number of amides is 1. The van der Waals surface area contributed by atoms with Gasteiger partial charge in [-0.05, 0) is 41.7 Å². The van der Waals surface area contributed by atoms with Crippen molar-refractivity contribution in [2.24, 2.45) is 5.92 Å². The molecule has 184 valence electrons. The van der Waals surface area contributed by atoms with Crippen molar-refractivity contribution in [3.8, 4) is 0 Å². The smallest absolute Gasteiger partial charge is 0.253 e. The van der Waals surface area contributed by atoms with Crippen LogP contribution in [-0.4, -0.2) is 41.6 Å². The molecule has 1 aliphatic rings. The van der Waals surface area contributed by atoms with E-state index in [0.717, 1.165) is 16.8 Å². The van der Waals surface area contributed by atoms with Gasteiger partial charge in [0, 0.05) is 19.3 Å². The summed E-state index contributed by atoms with van der Waals surface area (Å²) in [7, 11) is -3.25. The number of nitrogens with one attached hydrogen (secondary N) is 1. The molecule has 0 radical (unpaired) electrons. The van der Waals surface area contributed by atoms with Crippen LogP contribution in [0.3, 0.4) is 0 Å². The summed E-state index contributed by atoms with van der Waals surface area (Å²) in [6.07, 6.45) is 5.50. The van der Waals surface area contributed by atoms with Crippen LogP contribution in [0.15, 0.2) is 53.8 Å². The predicted octanol–water partition coefficient (Wildman–Crippen LogP) is 4.01. The van der Waals surface area contributed by atoms with Crippen LogP contribution in [0.5, 0.6) is 0 Å². The number of rotatable bonds is 7. The maximum absolute atomic E-state index is 12.8. The number of hydrogen-bond acceptors (Lipinski definition) is 7.